The van der Waals surface area contributed by atoms with Gasteiger partial charge in [-0.15, -0.1) is 0 Å². The predicted octanol–water partition coefficient (Wildman–Crippen LogP) is 2.64. The predicted molar refractivity (Wildman–Crippen MR) is 79.6 cm³/mol. The van der Waals surface area contributed by atoms with Crippen LogP contribution in [0.15, 0.2) is 23.8 Å². The number of carbonyl (C=O) groups excluding carboxylic acids is 1. The van der Waals surface area contributed by atoms with Crippen molar-refractivity contribution in [2.75, 3.05) is 7.11 Å². The molecular formula is C18H24O3. The molecule has 0 aromatic carbocycles. The standard InChI is InChI=1S/C18H24O3/c1-16(2)12-7-11-5-4-6-17(21-3)10-13(19)8-14(17)15(11)18(16,20)9-12/h4,6,8,11-12,15,20H,5,7,9-10H2,1-3H3/t11-,12-,15?,17-,18+/m0/s1. The van der Waals surface area contributed by atoms with E-state index in [-0.39, 0.29) is 17.1 Å². The van der Waals surface area contributed by atoms with Crippen molar-refractivity contribution in [1.82, 2.24) is 0 Å². The second-order valence-electron chi connectivity index (χ2n) is 7.99. The molecule has 0 aliphatic heterocycles. The zero-order chi connectivity index (χ0) is 15.0. The van der Waals surface area contributed by atoms with Gasteiger partial charge in [0.25, 0.3) is 0 Å². The lowest BCUT2D eigenvalue weighted by molar-refractivity contribution is -0.266. The minimum Gasteiger partial charge on any atom is -0.389 e. The van der Waals surface area contributed by atoms with Crippen molar-refractivity contribution >= 4 is 5.78 Å². The minimum atomic E-state index is -0.688. The topological polar surface area (TPSA) is 46.5 Å². The summed E-state index contributed by atoms with van der Waals surface area (Å²) >= 11 is 0. The molecule has 5 aliphatic carbocycles. The Morgan fingerprint density at radius 3 is 2.81 bits per heavy atom. The van der Waals surface area contributed by atoms with Crippen molar-refractivity contribution in [2.45, 2.75) is 50.7 Å². The average molecular weight is 288 g/mol. The van der Waals surface area contributed by atoms with Gasteiger partial charge in [-0.1, -0.05) is 26.0 Å². The molecule has 0 aromatic heterocycles. The Morgan fingerprint density at radius 2 is 2.14 bits per heavy atom. The van der Waals surface area contributed by atoms with E-state index in [1.807, 2.05) is 0 Å². The van der Waals surface area contributed by atoms with Crippen LogP contribution in [0.5, 0.6) is 0 Å². The minimum absolute atomic E-state index is 0.0545. The number of rotatable bonds is 1. The molecule has 3 nitrogen and oxygen atoms in total. The Morgan fingerprint density at radius 1 is 1.38 bits per heavy atom. The quantitative estimate of drug-likeness (QED) is 0.755. The first kappa shape index (κ1) is 13.7. The van der Waals surface area contributed by atoms with Gasteiger partial charge in [-0.25, -0.2) is 0 Å². The van der Waals surface area contributed by atoms with Crippen LogP contribution in [0.2, 0.25) is 0 Å². The molecule has 0 amide bonds. The fraction of sp³-hybridized carbons (Fsp3) is 0.722. The summed E-state index contributed by atoms with van der Waals surface area (Å²) in [5.74, 6) is 1.22. The first-order valence-electron chi connectivity index (χ1n) is 8.04. The van der Waals surface area contributed by atoms with E-state index in [1.165, 1.54) is 0 Å². The monoisotopic (exact) mass is 288 g/mol. The molecule has 0 aromatic rings. The van der Waals surface area contributed by atoms with Crippen molar-refractivity contribution in [3.63, 3.8) is 0 Å². The Bertz CT molecular complexity index is 573. The molecule has 1 unspecified atom stereocenters. The van der Waals surface area contributed by atoms with Gasteiger partial charge in [0.2, 0.25) is 0 Å². The van der Waals surface area contributed by atoms with Gasteiger partial charge in [-0.3, -0.25) is 4.79 Å². The summed E-state index contributed by atoms with van der Waals surface area (Å²) in [6.07, 6.45) is 9.39. The number of ether oxygens (including phenoxy) is 1. The van der Waals surface area contributed by atoms with E-state index in [0.29, 0.717) is 18.3 Å². The van der Waals surface area contributed by atoms with Crippen molar-refractivity contribution in [3.8, 4) is 0 Å². The second kappa shape index (κ2) is 3.88. The SMILES string of the molecule is CO[C@]12C=CC[C@H]3C[C@H]4C[C@@](O)(C3C1=CC(=O)C2)C4(C)C. The molecule has 5 aliphatic rings. The van der Waals surface area contributed by atoms with E-state index in [4.69, 9.17) is 4.74 Å². The Hall–Kier alpha value is -0.930. The van der Waals surface area contributed by atoms with Crippen LogP contribution in [0.4, 0.5) is 0 Å². The van der Waals surface area contributed by atoms with Crippen molar-refractivity contribution < 1.29 is 14.6 Å². The zero-order valence-electron chi connectivity index (χ0n) is 13.1. The van der Waals surface area contributed by atoms with Gasteiger partial charge in [0, 0.05) is 19.4 Å². The van der Waals surface area contributed by atoms with Crippen LogP contribution in [-0.4, -0.2) is 29.2 Å². The Kier molecular flexibility index (Phi) is 2.53. The van der Waals surface area contributed by atoms with Gasteiger partial charge in [0.1, 0.15) is 5.60 Å². The molecular weight excluding hydrogens is 264 g/mol. The van der Waals surface area contributed by atoms with Gasteiger partial charge in [-0.05, 0) is 48.2 Å². The number of fused-ring (bicyclic) bond motifs is 1. The molecule has 0 saturated heterocycles. The lowest BCUT2D eigenvalue weighted by Crippen LogP contribution is -2.70. The van der Waals surface area contributed by atoms with Gasteiger partial charge in [-0.2, -0.15) is 0 Å². The maximum atomic E-state index is 12.1. The fourth-order valence-electron chi connectivity index (χ4n) is 5.56. The highest BCUT2D eigenvalue weighted by Crippen LogP contribution is 2.69. The van der Waals surface area contributed by atoms with E-state index >= 15 is 0 Å². The number of methoxy groups -OCH3 is 1. The van der Waals surface area contributed by atoms with Crippen LogP contribution in [0, 0.1) is 23.2 Å². The second-order valence-corrected chi connectivity index (χ2v) is 7.99. The number of aliphatic hydroxyl groups is 1. The van der Waals surface area contributed by atoms with Crippen molar-refractivity contribution in [2.24, 2.45) is 23.2 Å². The molecule has 5 rings (SSSR count). The first-order valence-corrected chi connectivity index (χ1v) is 8.04. The van der Waals surface area contributed by atoms with Crippen LogP contribution >= 0.6 is 0 Å². The third-order valence-corrected chi connectivity index (χ3v) is 7.03. The summed E-state index contributed by atoms with van der Waals surface area (Å²) < 4.78 is 5.79. The van der Waals surface area contributed by atoms with Crippen LogP contribution in [0.1, 0.15) is 39.5 Å². The van der Waals surface area contributed by atoms with Crippen molar-refractivity contribution in [3.05, 3.63) is 23.8 Å². The lowest BCUT2D eigenvalue weighted by atomic mass is 9.39. The maximum Gasteiger partial charge on any atom is 0.159 e. The average Bonchev–Trinajstić information content (AvgIpc) is 2.67. The number of hydrogen-bond donors (Lipinski definition) is 1. The molecule has 114 valence electrons. The molecule has 3 heteroatoms. The molecule has 5 atom stereocenters. The van der Waals surface area contributed by atoms with E-state index in [1.54, 1.807) is 13.2 Å². The number of allylic oxidation sites excluding steroid dienone is 2. The van der Waals surface area contributed by atoms with E-state index in [2.05, 4.69) is 26.0 Å². The molecule has 3 fully saturated rings. The highest BCUT2D eigenvalue weighted by molar-refractivity contribution is 5.96. The number of hydrogen-bond acceptors (Lipinski definition) is 3. The van der Waals surface area contributed by atoms with Gasteiger partial charge < -0.3 is 9.84 Å². The normalized spacial score (nSPS) is 49.8. The zero-order valence-corrected chi connectivity index (χ0v) is 13.1. The molecule has 0 radical (unpaired) electrons. The summed E-state index contributed by atoms with van der Waals surface area (Å²) in [5.41, 5.74) is -0.329. The lowest BCUT2D eigenvalue weighted by Gasteiger charge is -2.68. The summed E-state index contributed by atoms with van der Waals surface area (Å²) in [4.78, 5) is 12.1. The summed E-state index contributed by atoms with van der Waals surface area (Å²) in [7, 11) is 1.68. The molecule has 3 saturated carbocycles. The Balaban J connectivity index is 1.86. The maximum absolute atomic E-state index is 12.1. The number of ketones is 1. The van der Waals surface area contributed by atoms with E-state index in [0.717, 1.165) is 24.8 Å². The molecule has 2 bridgehead atoms. The third-order valence-electron chi connectivity index (χ3n) is 7.03. The fourth-order valence-corrected chi connectivity index (χ4v) is 5.56. The first-order chi connectivity index (χ1) is 9.84. The number of carbonyl (C=O) groups is 1. The highest BCUT2D eigenvalue weighted by atomic mass is 16.5. The van der Waals surface area contributed by atoms with Crippen molar-refractivity contribution in [1.29, 1.82) is 0 Å². The summed E-state index contributed by atoms with van der Waals surface area (Å²) in [6.45, 7) is 4.36. The van der Waals surface area contributed by atoms with Crippen LogP contribution in [0.25, 0.3) is 0 Å². The van der Waals surface area contributed by atoms with Gasteiger partial charge in [0.15, 0.2) is 5.78 Å². The van der Waals surface area contributed by atoms with E-state index < -0.39 is 11.2 Å². The largest absolute Gasteiger partial charge is 0.389 e. The smallest absolute Gasteiger partial charge is 0.159 e. The van der Waals surface area contributed by atoms with Gasteiger partial charge in [0.05, 0.1) is 5.60 Å². The highest BCUT2D eigenvalue weighted by Gasteiger charge is 2.70. The molecule has 0 heterocycles. The molecule has 1 N–H and O–H groups in total. The molecule has 0 spiro atoms. The Labute approximate surface area is 126 Å². The van der Waals surface area contributed by atoms with Gasteiger partial charge >= 0.3 is 0 Å². The van der Waals surface area contributed by atoms with Crippen LogP contribution in [-0.2, 0) is 9.53 Å². The molecule has 21 heavy (non-hydrogen) atoms. The van der Waals surface area contributed by atoms with Crippen LogP contribution in [0.3, 0.4) is 0 Å². The summed E-state index contributed by atoms with van der Waals surface area (Å²) in [5, 5.41) is 11.4. The van der Waals surface area contributed by atoms with E-state index in [9.17, 15) is 9.90 Å². The third kappa shape index (κ3) is 1.44. The van der Waals surface area contributed by atoms with Crippen LogP contribution < -0.4 is 0 Å². The summed E-state index contributed by atoms with van der Waals surface area (Å²) in [6, 6.07) is 0.